The second-order valence-corrected chi connectivity index (χ2v) is 4.93. The molecule has 0 spiro atoms. The molecular formula is C14H20N4O3. The molecule has 2 unspecified atom stereocenters. The van der Waals surface area contributed by atoms with Gasteiger partial charge in [-0.2, -0.15) is 0 Å². The highest BCUT2D eigenvalue weighted by Crippen LogP contribution is 2.31. The molecule has 0 amide bonds. The quantitative estimate of drug-likeness (QED) is 0.372. The molecule has 0 saturated carbocycles. The molecule has 1 aliphatic heterocycles. The topological polar surface area (TPSA) is 88.8 Å². The van der Waals surface area contributed by atoms with E-state index in [-0.39, 0.29) is 12.1 Å². The van der Waals surface area contributed by atoms with Crippen molar-refractivity contribution >= 4 is 5.96 Å². The first-order valence-electron chi connectivity index (χ1n) is 7.06. The maximum Gasteiger partial charge on any atom is 0.268 e. The number of rotatable bonds is 5. The second-order valence-electron chi connectivity index (χ2n) is 4.93. The van der Waals surface area contributed by atoms with Crippen LogP contribution in [0.15, 0.2) is 35.4 Å². The minimum Gasteiger partial charge on any atom is -0.373 e. The molecule has 1 saturated heterocycles. The van der Waals surface area contributed by atoms with Gasteiger partial charge in [0.05, 0.1) is 12.7 Å². The van der Waals surface area contributed by atoms with E-state index in [1.165, 1.54) is 5.56 Å². The standard InChI is InChI=1S/C14H20N4O3/c1-2-15-14(17-18(19)20)16-9-11-8-13(21-10-11)12-6-4-3-5-7-12/h3-7,11,13H,2,8-10H2,1H3,(H2,15,16,17). The molecule has 1 aromatic carbocycles. The first kappa shape index (κ1) is 15.2. The Hall–Kier alpha value is -2.15. The largest absolute Gasteiger partial charge is 0.373 e. The summed E-state index contributed by atoms with van der Waals surface area (Å²) in [5.74, 6) is 0.511. The zero-order valence-corrected chi connectivity index (χ0v) is 12.0. The normalized spacial score (nSPS) is 22.0. The van der Waals surface area contributed by atoms with Gasteiger partial charge in [0.25, 0.3) is 5.96 Å². The average molecular weight is 292 g/mol. The van der Waals surface area contributed by atoms with Crippen molar-refractivity contribution in [1.29, 1.82) is 0 Å². The van der Waals surface area contributed by atoms with Gasteiger partial charge in [-0.1, -0.05) is 30.3 Å². The van der Waals surface area contributed by atoms with E-state index in [9.17, 15) is 10.1 Å². The summed E-state index contributed by atoms with van der Waals surface area (Å²) in [6.45, 7) is 3.68. The summed E-state index contributed by atoms with van der Waals surface area (Å²) in [5, 5.41) is 18.8. The van der Waals surface area contributed by atoms with Gasteiger partial charge in [0, 0.05) is 19.0 Å². The summed E-state index contributed by atoms with van der Waals surface area (Å²) in [6, 6.07) is 10.1. The number of nitrogens with one attached hydrogen (secondary N) is 2. The van der Waals surface area contributed by atoms with Crippen molar-refractivity contribution < 1.29 is 9.77 Å². The number of nitrogens with zero attached hydrogens (tertiary/aromatic N) is 2. The zero-order chi connectivity index (χ0) is 15.1. The molecule has 21 heavy (non-hydrogen) atoms. The summed E-state index contributed by atoms with van der Waals surface area (Å²) in [5.41, 5.74) is 1.17. The molecule has 1 aliphatic rings. The van der Waals surface area contributed by atoms with Crippen LogP contribution < -0.4 is 10.6 Å². The van der Waals surface area contributed by atoms with Crippen molar-refractivity contribution in [2.75, 3.05) is 19.7 Å². The van der Waals surface area contributed by atoms with E-state index in [1.54, 1.807) is 0 Å². The summed E-state index contributed by atoms with van der Waals surface area (Å²) in [7, 11) is 0. The highest BCUT2D eigenvalue weighted by atomic mass is 16.7. The third-order valence-corrected chi connectivity index (χ3v) is 3.34. The van der Waals surface area contributed by atoms with Crippen molar-refractivity contribution in [2.24, 2.45) is 11.0 Å². The number of guanidine groups is 1. The van der Waals surface area contributed by atoms with Crippen LogP contribution in [0.25, 0.3) is 0 Å². The van der Waals surface area contributed by atoms with E-state index < -0.39 is 5.03 Å². The van der Waals surface area contributed by atoms with Gasteiger partial charge in [0.15, 0.2) is 5.03 Å². The SMILES string of the molecule is CCN/C(=N\[N+](=O)[O-])NCC1COC(c2ccccc2)C1. The van der Waals surface area contributed by atoms with Crippen LogP contribution in [-0.4, -0.2) is 30.7 Å². The van der Waals surface area contributed by atoms with Crippen LogP contribution in [0.2, 0.25) is 0 Å². The lowest BCUT2D eigenvalue weighted by Crippen LogP contribution is -2.40. The third kappa shape index (κ3) is 4.71. The lowest BCUT2D eigenvalue weighted by Gasteiger charge is -2.12. The van der Waals surface area contributed by atoms with Crippen LogP contribution in [0, 0.1) is 16.0 Å². The summed E-state index contributed by atoms with van der Waals surface area (Å²) in [6.07, 6.45) is 1.00. The van der Waals surface area contributed by atoms with E-state index in [1.807, 2.05) is 25.1 Å². The minimum atomic E-state index is -0.705. The molecule has 2 atom stereocenters. The first-order valence-corrected chi connectivity index (χ1v) is 7.06. The van der Waals surface area contributed by atoms with E-state index in [0.717, 1.165) is 6.42 Å². The van der Waals surface area contributed by atoms with Crippen LogP contribution in [0.5, 0.6) is 0 Å². The van der Waals surface area contributed by atoms with Gasteiger partial charge in [-0.05, 0) is 18.9 Å². The predicted molar refractivity (Wildman–Crippen MR) is 79.4 cm³/mol. The third-order valence-electron chi connectivity index (χ3n) is 3.34. The van der Waals surface area contributed by atoms with Gasteiger partial charge in [-0.3, -0.25) is 0 Å². The number of nitro groups is 1. The van der Waals surface area contributed by atoms with E-state index in [0.29, 0.717) is 25.6 Å². The molecule has 1 aromatic rings. The molecule has 0 bridgehead atoms. The van der Waals surface area contributed by atoms with Gasteiger partial charge in [0.2, 0.25) is 0 Å². The van der Waals surface area contributed by atoms with Crippen LogP contribution in [0.3, 0.4) is 0 Å². The number of benzene rings is 1. The van der Waals surface area contributed by atoms with Crippen molar-refractivity contribution in [1.82, 2.24) is 10.6 Å². The molecule has 1 fully saturated rings. The first-order chi connectivity index (χ1) is 10.2. The van der Waals surface area contributed by atoms with Crippen molar-refractivity contribution in [2.45, 2.75) is 19.4 Å². The monoisotopic (exact) mass is 292 g/mol. The maximum atomic E-state index is 10.4. The number of ether oxygens (including phenoxy) is 1. The van der Waals surface area contributed by atoms with Gasteiger partial charge in [0.1, 0.15) is 5.10 Å². The number of hydrazone groups is 1. The Balaban J connectivity index is 1.83. The van der Waals surface area contributed by atoms with Crippen molar-refractivity contribution in [3.05, 3.63) is 46.0 Å². The summed E-state index contributed by atoms with van der Waals surface area (Å²) in [4.78, 5) is 10.4. The lowest BCUT2D eigenvalue weighted by molar-refractivity contribution is -0.485. The average Bonchev–Trinajstić information content (AvgIpc) is 2.94. The highest BCUT2D eigenvalue weighted by molar-refractivity contribution is 5.79. The molecule has 2 N–H and O–H groups in total. The molecule has 114 valence electrons. The van der Waals surface area contributed by atoms with Gasteiger partial charge in [-0.25, -0.2) is 10.1 Å². The molecular weight excluding hydrogens is 272 g/mol. The Labute approximate surface area is 123 Å². The van der Waals surface area contributed by atoms with E-state index in [2.05, 4.69) is 27.9 Å². The molecule has 2 rings (SSSR count). The predicted octanol–water partition coefficient (Wildman–Crippen LogP) is 1.51. The van der Waals surface area contributed by atoms with E-state index >= 15 is 0 Å². The zero-order valence-electron chi connectivity index (χ0n) is 12.0. The fraction of sp³-hybridized carbons (Fsp3) is 0.500. The Morgan fingerprint density at radius 1 is 1.43 bits per heavy atom. The Morgan fingerprint density at radius 3 is 2.86 bits per heavy atom. The molecule has 0 aliphatic carbocycles. The number of hydrogen-bond donors (Lipinski definition) is 2. The van der Waals surface area contributed by atoms with Crippen LogP contribution in [0.4, 0.5) is 0 Å². The molecule has 7 heteroatoms. The second kappa shape index (κ2) is 7.58. The van der Waals surface area contributed by atoms with Gasteiger partial charge in [-0.15, -0.1) is 0 Å². The fourth-order valence-corrected chi connectivity index (χ4v) is 2.36. The van der Waals surface area contributed by atoms with Gasteiger partial charge < -0.3 is 15.4 Å². The molecule has 1 heterocycles. The highest BCUT2D eigenvalue weighted by Gasteiger charge is 2.26. The van der Waals surface area contributed by atoms with Crippen molar-refractivity contribution in [3.63, 3.8) is 0 Å². The molecule has 0 aromatic heterocycles. The van der Waals surface area contributed by atoms with Crippen LogP contribution in [-0.2, 0) is 4.74 Å². The Kier molecular flexibility index (Phi) is 5.51. The minimum absolute atomic E-state index is 0.105. The number of hydrogen-bond acceptors (Lipinski definition) is 3. The van der Waals surface area contributed by atoms with E-state index in [4.69, 9.17) is 4.74 Å². The Morgan fingerprint density at radius 2 is 2.19 bits per heavy atom. The molecule has 7 nitrogen and oxygen atoms in total. The Bertz CT molecular complexity index is 492. The summed E-state index contributed by atoms with van der Waals surface area (Å²) < 4.78 is 5.79. The summed E-state index contributed by atoms with van der Waals surface area (Å²) >= 11 is 0. The molecule has 0 radical (unpaired) electrons. The van der Waals surface area contributed by atoms with Crippen LogP contribution in [0.1, 0.15) is 25.0 Å². The maximum absolute atomic E-state index is 10.4. The fourth-order valence-electron chi connectivity index (χ4n) is 2.36. The lowest BCUT2D eigenvalue weighted by atomic mass is 10.0. The van der Waals surface area contributed by atoms with Gasteiger partial charge >= 0.3 is 0 Å². The smallest absolute Gasteiger partial charge is 0.268 e. The van der Waals surface area contributed by atoms with Crippen molar-refractivity contribution in [3.8, 4) is 0 Å². The van der Waals surface area contributed by atoms with Crippen LogP contribution >= 0.6 is 0 Å².